The number of benzene rings is 3. The first kappa shape index (κ1) is 29.1. The molecule has 1 atom stereocenters. The van der Waals surface area contributed by atoms with Gasteiger partial charge in [0, 0.05) is 12.1 Å². The average molecular weight is 544 g/mol. The average Bonchev–Trinajstić information content (AvgIpc) is 3.16. The van der Waals surface area contributed by atoms with Gasteiger partial charge in [0.15, 0.2) is 0 Å². The van der Waals surface area contributed by atoms with E-state index in [0.29, 0.717) is 17.7 Å². The minimum Gasteiger partial charge on any atom is -0.507 e. The number of hydrogen-bond donors (Lipinski definition) is 1. The van der Waals surface area contributed by atoms with E-state index in [1.807, 2.05) is 57.2 Å². The first-order valence-corrected chi connectivity index (χ1v) is 13.7. The topological polar surface area (TPSA) is 66.8 Å². The van der Waals surface area contributed by atoms with E-state index < -0.39 is 17.7 Å². The normalized spacial score (nSPS) is 17.1. The van der Waals surface area contributed by atoms with E-state index in [9.17, 15) is 19.1 Å². The summed E-state index contributed by atoms with van der Waals surface area (Å²) in [5.41, 5.74) is 4.82. The molecule has 210 valence electrons. The number of methoxy groups -OCH3 is 1. The Morgan fingerprint density at radius 1 is 1.02 bits per heavy atom. The number of carbonyl (C=O) groups excluding carboxylic acids is 2. The fourth-order valence-corrected chi connectivity index (χ4v) is 5.25. The Bertz CT molecular complexity index is 1450. The van der Waals surface area contributed by atoms with Crippen LogP contribution in [0.4, 0.5) is 4.39 Å². The SMILES string of the molecule is COc1cc(C)c(/C(O)=C2\C(=O)C(=O)N(CCc3ccc(F)cc3)C2c2ccc(C(C)(C)C)cc2)cc1C(C)C. The van der Waals surface area contributed by atoms with Gasteiger partial charge in [0.2, 0.25) is 0 Å². The molecule has 0 aromatic heterocycles. The number of aryl methyl sites for hydroxylation is 1. The van der Waals surface area contributed by atoms with Crippen LogP contribution in [-0.2, 0) is 21.4 Å². The van der Waals surface area contributed by atoms with Gasteiger partial charge < -0.3 is 14.7 Å². The molecule has 3 aromatic rings. The van der Waals surface area contributed by atoms with Crippen LogP contribution in [0.15, 0.2) is 66.2 Å². The van der Waals surface area contributed by atoms with Crippen LogP contribution in [0.3, 0.4) is 0 Å². The minimum atomic E-state index is -0.765. The summed E-state index contributed by atoms with van der Waals surface area (Å²) < 4.78 is 19.0. The van der Waals surface area contributed by atoms with Gasteiger partial charge >= 0.3 is 0 Å². The Hall–Kier alpha value is -3.93. The van der Waals surface area contributed by atoms with Crippen molar-refractivity contribution in [2.75, 3.05) is 13.7 Å². The van der Waals surface area contributed by atoms with Crippen molar-refractivity contribution in [1.82, 2.24) is 4.90 Å². The Kier molecular flexibility index (Phi) is 8.20. The summed E-state index contributed by atoms with van der Waals surface area (Å²) in [7, 11) is 1.61. The van der Waals surface area contributed by atoms with Crippen molar-refractivity contribution in [3.05, 3.63) is 105 Å². The van der Waals surface area contributed by atoms with Crippen LogP contribution < -0.4 is 4.74 Å². The van der Waals surface area contributed by atoms with Crippen molar-refractivity contribution in [3.63, 3.8) is 0 Å². The molecule has 1 aliphatic heterocycles. The lowest BCUT2D eigenvalue weighted by atomic mass is 9.85. The first-order chi connectivity index (χ1) is 18.8. The Morgan fingerprint density at radius 3 is 2.20 bits per heavy atom. The summed E-state index contributed by atoms with van der Waals surface area (Å²) in [4.78, 5) is 28.5. The third kappa shape index (κ3) is 5.67. The minimum absolute atomic E-state index is 0.0654. The molecular formula is C34H38FNO4. The van der Waals surface area contributed by atoms with E-state index in [2.05, 4.69) is 20.8 Å². The number of hydrogen-bond acceptors (Lipinski definition) is 4. The molecule has 0 bridgehead atoms. The molecule has 1 saturated heterocycles. The number of aliphatic hydroxyl groups excluding tert-OH is 1. The van der Waals surface area contributed by atoms with Crippen molar-refractivity contribution in [2.45, 2.75) is 65.3 Å². The molecule has 0 radical (unpaired) electrons. The number of ether oxygens (including phenoxy) is 1. The van der Waals surface area contributed by atoms with Gasteiger partial charge in [-0.1, -0.05) is 71.0 Å². The number of likely N-dealkylation sites (tertiary alicyclic amines) is 1. The van der Waals surface area contributed by atoms with Gasteiger partial charge in [0.25, 0.3) is 11.7 Å². The van der Waals surface area contributed by atoms with Crippen LogP contribution in [0.5, 0.6) is 5.75 Å². The molecule has 3 aromatic carbocycles. The van der Waals surface area contributed by atoms with Crippen LogP contribution in [-0.4, -0.2) is 35.4 Å². The number of nitrogens with zero attached hydrogens (tertiary/aromatic N) is 1. The van der Waals surface area contributed by atoms with Gasteiger partial charge in [-0.05, 0) is 76.8 Å². The fourth-order valence-electron chi connectivity index (χ4n) is 5.25. The monoisotopic (exact) mass is 543 g/mol. The van der Waals surface area contributed by atoms with Crippen LogP contribution in [0.1, 0.15) is 80.0 Å². The van der Waals surface area contributed by atoms with E-state index in [1.54, 1.807) is 19.2 Å². The van der Waals surface area contributed by atoms with Crippen LogP contribution in [0.2, 0.25) is 0 Å². The van der Waals surface area contributed by atoms with E-state index in [-0.39, 0.29) is 35.0 Å². The molecule has 0 aliphatic carbocycles. The number of aliphatic hydroxyl groups is 1. The van der Waals surface area contributed by atoms with Crippen molar-refractivity contribution >= 4 is 17.4 Å². The molecule has 1 aliphatic rings. The molecular weight excluding hydrogens is 505 g/mol. The summed E-state index contributed by atoms with van der Waals surface area (Å²) in [5.74, 6) is -1.10. The van der Waals surface area contributed by atoms with Gasteiger partial charge in [0.05, 0.1) is 18.7 Å². The van der Waals surface area contributed by atoms with Crippen molar-refractivity contribution in [2.24, 2.45) is 0 Å². The number of rotatable bonds is 7. The second-order valence-electron chi connectivity index (χ2n) is 11.8. The molecule has 1 unspecified atom stereocenters. The summed E-state index contributed by atoms with van der Waals surface area (Å²) in [5, 5.41) is 11.7. The highest BCUT2D eigenvalue weighted by Gasteiger charge is 2.46. The summed E-state index contributed by atoms with van der Waals surface area (Å²) in [6, 6.07) is 16.9. The Labute approximate surface area is 236 Å². The smallest absolute Gasteiger partial charge is 0.295 e. The van der Waals surface area contributed by atoms with Gasteiger partial charge in [-0.15, -0.1) is 0 Å². The molecule has 1 fully saturated rings. The quantitative estimate of drug-likeness (QED) is 0.194. The Balaban J connectivity index is 1.86. The number of ketones is 1. The number of amides is 1. The molecule has 40 heavy (non-hydrogen) atoms. The zero-order chi connectivity index (χ0) is 29.4. The highest BCUT2D eigenvalue weighted by molar-refractivity contribution is 6.46. The van der Waals surface area contributed by atoms with E-state index in [4.69, 9.17) is 4.74 Å². The largest absolute Gasteiger partial charge is 0.507 e. The maximum absolute atomic E-state index is 13.6. The van der Waals surface area contributed by atoms with Crippen LogP contribution in [0.25, 0.3) is 5.76 Å². The maximum atomic E-state index is 13.6. The predicted molar refractivity (Wildman–Crippen MR) is 156 cm³/mol. The van der Waals surface area contributed by atoms with E-state index in [1.165, 1.54) is 17.0 Å². The molecule has 0 saturated carbocycles. The standard InChI is InChI=1S/C34H38FNO4/c1-20(2)26-19-27(21(3)18-28(26)40-7)31(37)29-30(23-10-12-24(13-11-23)34(4,5)6)36(33(39)32(29)38)17-16-22-8-14-25(35)15-9-22/h8-15,18-20,30,37H,16-17H2,1-7H3/b31-29+. The highest BCUT2D eigenvalue weighted by Crippen LogP contribution is 2.42. The summed E-state index contributed by atoms with van der Waals surface area (Å²) in [6.45, 7) is 12.5. The van der Waals surface area contributed by atoms with Crippen LogP contribution in [0, 0.1) is 12.7 Å². The molecule has 6 heteroatoms. The lowest BCUT2D eigenvalue weighted by Gasteiger charge is -2.27. The number of Topliss-reactive ketones (excluding diaryl/α,β-unsaturated/α-hetero) is 1. The highest BCUT2D eigenvalue weighted by atomic mass is 19.1. The van der Waals surface area contributed by atoms with Crippen molar-refractivity contribution in [3.8, 4) is 5.75 Å². The van der Waals surface area contributed by atoms with Crippen molar-refractivity contribution < 1.29 is 23.8 Å². The third-order valence-electron chi connectivity index (χ3n) is 7.64. The third-order valence-corrected chi connectivity index (χ3v) is 7.64. The molecule has 4 rings (SSSR count). The van der Waals surface area contributed by atoms with Gasteiger partial charge in [-0.25, -0.2) is 4.39 Å². The summed E-state index contributed by atoms with van der Waals surface area (Å²) in [6.07, 6.45) is 0.434. The molecule has 1 amide bonds. The zero-order valence-corrected chi connectivity index (χ0v) is 24.3. The number of halogens is 1. The second kappa shape index (κ2) is 11.3. The van der Waals surface area contributed by atoms with Gasteiger partial charge in [0.1, 0.15) is 17.3 Å². The molecule has 0 spiro atoms. The second-order valence-corrected chi connectivity index (χ2v) is 11.8. The zero-order valence-electron chi connectivity index (χ0n) is 24.3. The fraction of sp³-hybridized carbons (Fsp3) is 0.353. The van der Waals surface area contributed by atoms with Gasteiger partial charge in [-0.2, -0.15) is 0 Å². The molecule has 1 heterocycles. The number of carbonyl (C=O) groups is 2. The molecule has 5 nitrogen and oxygen atoms in total. The predicted octanol–water partition coefficient (Wildman–Crippen LogP) is 7.23. The lowest BCUT2D eigenvalue weighted by Crippen LogP contribution is -2.31. The lowest BCUT2D eigenvalue weighted by molar-refractivity contribution is -0.139. The van der Waals surface area contributed by atoms with Crippen LogP contribution >= 0.6 is 0 Å². The first-order valence-electron chi connectivity index (χ1n) is 13.7. The summed E-state index contributed by atoms with van der Waals surface area (Å²) >= 11 is 0. The maximum Gasteiger partial charge on any atom is 0.295 e. The van der Waals surface area contributed by atoms with Gasteiger partial charge in [-0.3, -0.25) is 9.59 Å². The van der Waals surface area contributed by atoms with E-state index in [0.717, 1.165) is 27.8 Å². The molecule has 1 N–H and O–H groups in total. The Morgan fingerprint density at radius 2 is 1.65 bits per heavy atom. The van der Waals surface area contributed by atoms with E-state index >= 15 is 0 Å². The van der Waals surface area contributed by atoms with Crippen molar-refractivity contribution in [1.29, 1.82) is 0 Å².